The predicted octanol–water partition coefficient (Wildman–Crippen LogP) is 6.76. The van der Waals surface area contributed by atoms with Gasteiger partial charge in [0.05, 0.1) is 18.6 Å². The van der Waals surface area contributed by atoms with Crippen LogP contribution < -0.4 is 0 Å². The lowest BCUT2D eigenvalue weighted by Gasteiger charge is -2.39. The van der Waals surface area contributed by atoms with Gasteiger partial charge in [-0.3, -0.25) is 0 Å². The van der Waals surface area contributed by atoms with E-state index in [1.165, 1.54) is 26.8 Å². The number of alkyl halides is 8. The summed E-state index contributed by atoms with van der Waals surface area (Å²) in [6, 6.07) is 0. The molecule has 0 rings (SSSR count). The third-order valence-electron chi connectivity index (χ3n) is 7.35. The van der Waals surface area contributed by atoms with Gasteiger partial charge in [-0.15, -0.1) is 6.58 Å². The number of esters is 3. The number of carbonyl (C=O) groups is 3. The molecule has 8 nitrogen and oxygen atoms in total. The summed E-state index contributed by atoms with van der Waals surface area (Å²) in [5.41, 5.74) is -4.49. The predicted molar refractivity (Wildman–Crippen MR) is 159 cm³/mol. The smallest absolute Gasteiger partial charge is 0.378 e. The first-order valence-corrected chi connectivity index (χ1v) is 14.6. The highest BCUT2D eigenvalue weighted by molar-refractivity contribution is 5.88. The number of hydrogen-bond donors (Lipinski definition) is 2. The molecule has 0 aromatic carbocycles. The molecule has 0 unspecified atom stereocenters. The number of unbranched alkanes of at least 4 members (excludes halogenated alkanes) is 2. The maximum absolute atomic E-state index is 15.1. The van der Waals surface area contributed by atoms with E-state index in [9.17, 15) is 50.9 Å². The summed E-state index contributed by atoms with van der Waals surface area (Å²) in [5.74, 6) is -28.2. The third-order valence-corrected chi connectivity index (χ3v) is 7.35. The van der Waals surface area contributed by atoms with Crippen molar-refractivity contribution in [2.45, 2.75) is 89.4 Å². The van der Waals surface area contributed by atoms with E-state index in [2.05, 4.69) is 26.3 Å². The van der Waals surface area contributed by atoms with Crippen LogP contribution in [0.25, 0.3) is 0 Å². The van der Waals surface area contributed by atoms with E-state index in [0.717, 1.165) is 0 Å². The van der Waals surface area contributed by atoms with E-state index in [4.69, 9.17) is 14.2 Å². The van der Waals surface area contributed by atoms with Crippen LogP contribution in [0.5, 0.6) is 0 Å². The zero-order chi connectivity index (χ0) is 37.8. The monoisotopic (exact) mass is 708 g/mol. The van der Waals surface area contributed by atoms with Crippen LogP contribution in [0.1, 0.15) is 65.7 Å². The number of aliphatic hydroxyl groups is 2. The van der Waals surface area contributed by atoms with Crippen molar-refractivity contribution in [1.29, 1.82) is 0 Å². The molecule has 48 heavy (non-hydrogen) atoms. The Labute approximate surface area is 274 Å². The Morgan fingerprint density at radius 2 is 1.06 bits per heavy atom. The van der Waals surface area contributed by atoms with Crippen LogP contribution in [0.2, 0.25) is 0 Å². The summed E-state index contributed by atoms with van der Waals surface area (Å²) in [6.45, 7) is 12.5. The number of halogens is 8. The second-order valence-electron chi connectivity index (χ2n) is 12.3. The molecule has 0 radical (unpaired) electrons. The molecule has 0 saturated heterocycles. The molecule has 0 heterocycles. The highest BCUT2D eigenvalue weighted by Gasteiger charge is 2.79. The summed E-state index contributed by atoms with van der Waals surface area (Å²) in [6.07, 6.45) is -5.38. The van der Waals surface area contributed by atoms with Gasteiger partial charge in [0.1, 0.15) is 19.8 Å². The van der Waals surface area contributed by atoms with Crippen molar-refractivity contribution in [3.63, 3.8) is 0 Å². The van der Waals surface area contributed by atoms with Gasteiger partial charge < -0.3 is 24.4 Å². The summed E-state index contributed by atoms with van der Waals surface area (Å²) in [7, 11) is 0. The van der Waals surface area contributed by atoms with Crippen LogP contribution in [0, 0.1) is 10.8 Å². The first-order chi connectivity index (χ1) is 21.8. The van der Waals surface area contributed by atoms with Gasteiger partial charge in [-0.25, -0.2) is 14.4 Å². The van der Waals surface area contributed by atoms with Crippen molar-refractivity contribution in [2.24, 2.45) is 10.8 Å². The zero-order valence-corrected chi connectivity index (χ0v) is 27.3. The fourth-order valence-electron chi connectivity index (χ4n) is 3.93. The van der Waals surface area contributed by atoms with Crippen molar-refractivity contribution >= 4 is 17.9 Å². The molecule has 0 aliphatic rings. The van der Waals surface area contributed by atoms with Crippen LogP contribution in [0.15, 0.2) is 49.1 Å². The van der Waals surface area contributed by atoms with Crippen LogP contribution in [-0.4, -0.2) is 84.8 Å². The van der Waals surface area contributed by atoms with Crippen molar-refractivity contribution in [1.82, 2.24) is 0 Å². The van der Waals surface area contributed by atoms with Crippen molar-refractivity contribution in [2.75, 3.05) is 33.0 Å². The topological polar surface area (TPSA) is 119 Å². The number of ether oxygens (including phenoxy) is 3. The summed E-state index contributed by atoms with van der Waals surface area (Å²) < 4.78 is 132. The van der Waals surface area contributed by atoms with Gasteiger partial charge in [0.15, 0.2) is 0 Å². The van der Waals surface area contributed by atoms with Crippen LogP contribution >= 0.6 is 0 Å². The first kappa shape index (κ1) is 44.7. The van der Waals surface area contributed by atoms with Crippen molar-refractivity contribution < 1.29 is 73.9 Å². The van der Waals surface area contributed by atoms with Gasteiger partial charge >= 0.3 is 41.6 Å². The Balaban J connectivity index is 6.62. The average Bonchev–Trinajstić information content (AvgIpc) is 3.01. The first-order valence-electron chi connectivity index (χ1n) is 14.6. The number of allylic oxidation sites excluding steroid dienone is 1. The van der Waals surface area contributed by atoms with Crippen LogP contribution in [0.3, 0.4) is 0 Å². The van der Waals surface area contributed by atoms with Gasteiger partial charge in [0, 0.05) is 35.0 Å². The largest absolute Gasteiger partial charge is 0.461 e. The third kappa shape index (κ3) is 12.0. The fraction of sp³-hybridized carbons (Fsp3) is 0.656. The zero-order valence-electron chi connectivity index (χ0n) is 27.3. The lowest BCUT2D eigenvalue weighted by Crippen LogP contribution is -2.62. The maximum Gasteiger partial charge on any atom is 0.378 e. The molecule has 0 atom stereocenters. The normalized spacial score (nSPS) is 13.0. The lowest BCUT2D eigenvalue weighted by molar-refractivity contribution is -0.368. The molecule has 2 N–H and O–H groups in total. The van der Waals surface area contributed by atoms with E-state index in [1.807, 2.05) is 0 Å². The Bertz CT molecular complexity index is 1150. The van der Waals surface area contributed by atoms with Gasteiger partial charge in [-0.1, -0.05) is 32.7 Å². The molecular formula is C32H44F8O8. The highest BCUT2D eigenvalue weighted by Crippen LogP contribution is 2.55. The van der Waals surface area contributed by atoms with Gasteiger partial charge in [-0.05, 0) is 46.0 Å². The quantitative estimate of drug-likeness (QED) is 0.0282. The fourth-order valence-corrected chi connectivity index (χ4v) is 3.93. The molecule has 0 saturated carbocycles. The number of rotatable bonds is 24. The minimum Gasteiger partial charge on any atom is -0.461 e. The molecule has 0 bridgehead atoms. The highest BCUT2D eigenvalue weighted by atomic mass is 19.4. The Kier molecular flexibility index (Phi) is 16.7. The molecule has 0 spiro atoms. The SMILES string of the molecule is C=CCCCCC(F)(F)C(F)(F)C(F)(F)C(F)(F)CCC(COC(=O)C(=C)C)(COC(=O)C(=C)C)COC(=O)C(=C)CC(C)(CO)CO. The molecule has 0 aromatic heterocycles. The van der Waals surface area contributed by atoms with Gasteiger partial charge in [0.25, 0.3) is 0 Å². The molecular weight excluding hydrogens is 664 g/mol. The minimum absolute atomic E-state index is 0.0856. The number of hydrogen-bond acceptors (Lipinski definition) is 8. The number of aliphatic hydroxyl groups excluding tert-OH is 2. The standard InChI is InChI=1S/C32H44F8O8/c1-8-9-10-11-12-29(33,34)31(37,38)32(39,40)30(35,36)14-13-28(18-46-24(43)21(2)3,19-47-25(44)22(4)5)20-48-26(45)23(6)15-27(7,16-41)17-42/h8,41-42H,1-2,4,6,9-20H2,3,5,7H3. The van der Waals surface area contributed by atoms with E-state index in [1.54, 1.807) is 0 Å². The Morgan fingerprint density at radius 1 is 0.667 bits per heavy atom. The van der Waals surface area contributed by atoms with E-state index < -0.39 is 111 Å². The van der Waals surface area contributed by atoms with Gasteiger partial charge in [0.2, 0.25) is 0 Å². The maximum atomic E-state index is 15.1. The second-order valence-corrected chi connectivity index (χ2v) is 12.3. The Morgan fingerprint density at radius 3 is 1.44 bits per heavy atom. The summed E-state index contributed by atoms with van der Waals surface area (Å²) >= 11 is 0. The van der Waals surface area contributed by atoms with E-state index in [0.29, 0.717) is 0 Å². The number of carbonyl (C=O) groups excluding carboxylic acids is 3. The summed E-state index contributed by atoms with van der Waals surface area (Å²) in [4.78, 5) is 37.1. The Hall–Kier alpha value is -3.27. The molecule has 0 fully saturated rings. The molecule has 0 aromatic rings. The molecule has 0 amide bonds. The van der Waals surface area contributed by atoms with Gasteiger partial charge in [-0.2, -0.15) is 35.1 Å². The van der Waals surface area contributed by atoms with E-state index in [-0.39, 0.29) is 36.0 Å². The minimum atomic E-state index is -6.62. The average molecular weight is 709 g/mol. The summed E-state index contributed by atoms with van der Waals surface area (Å²) in [5, 5.41) is 19.0. The lowest BCUT2D eigenvalue weighted by atomic mass is 9.82. The molecule has 0 aliphatic carbocycles. The molecule has 16 heteroatoms. The van der Waals surface area contributed by atoms with E-state index >= 15 is 8.78 Å². The van der Waals surface area contributed by atoms with Crippen molar-refractivity contribution in [3.8, 4) is 0 Å². The molecule has 276 valence electrons. The van der Waals surface area contributed by atoms with Crippen LogP contribution in [0.4, 0.5) is 35.1 Å². The molecule has 0 aliphatic heterocycles. The van der Waals surface area contributed by atoms with Crippen molar-refractivity contribution in [3.05, 3.63) is 49.1 Å². The van der Waals surface area contributed by atoms with Crippen LogP contribution in [-0.2, 0) is 28.6 Å². The second kappa shape index (κ2) is 17.9.